The van der Waals surface area contributed by atoms with E-state index >= 15 is 0 Å². The molecule has 3 heteroatoms. The summed E-state index contributed by atoms with van der Waals surface area (Å²) in [5.41, 5.74) is 0. The average molecular weight is 301 g/mol. The van der Waals surface area contributed by atoms with Gasteiger partial charge in [-0.15, -0.1) is 11.8 Å². The van der Waals surface area contributed by atoms with Crippen molar-refractivity contribution in [2.75, 3.05) is 18.7 Å². The van der Waals surface area contributed by atoms with Gasteiger partial charge in [-0.25, -0.2) is 0 Å². The molecule has 0 heterocycles. The Bertz CT molecular complexity index is 195. The van der Waals surface area contributed by atoms with E-state index in [1.165, 1.54) is 83.5 Å². The van der Waals surface area contributed by atoms with Crippen molar-refractivity contribution in [3.05, 3.63) is 0 Å². The Morgan fingerprint density at radius 2 is 1.05 bits per heavy atom. The summed E-state index contributed by atoms with van der Waals surface area (Å²) in [5, 5.41) is 8.23. The Labute approximate surface area is 131 Å². The quantitative estimate of drug-likeness (QED) is 0.226. The zero-order valence-corrected chi connectivity index (χ0v) is 14.7. The lowest BCUT2D eigenvalue weighted by Crippen LogP contribution is -1.84. The van der Waals surface area contributed by atoms with Gasteiger partial charge >= 0.3 is 0 Å². The van der Waals surface area contributed by atoms with Gasteiger partial charge in [-0.05, 0) is 12.7 Å². The Morgan fingerprint density at radius 3 is 1.50 bits per heavy atom. The molecule has 0 aromatic carbocycles. The molecule has 0 atom stereocenters. The summed E-state index contributed by atoms with van der Waals surface area (Å²) in [5.74, 6) is 0.818. The predicted molar refractivity (Wildman–Crippen MR) is 93.8 cm³/mol. The van der Waals surface area contributed by atoms with Crippen LogP contribution in [-0.4, -0.2) is 18.7 Å². The van der Waals surface area contributed by atoms with E-state index in [0.717, 1.165) is 12.4 Å². The monoisotopic (exact) mass is 300 g/mol. The standard InChI is InChI=1S/C17H36N2S/c1-3-4-5-6-7-8-9-10-11-12-13-14-15-16-18-19-17-20-2/h3-17H2,1-2H3/b19-18-. The van der Waals surface area contributed by atoms with Crippen molar-refractivity contribution in [1.29, 1.82) is 0 Å². The van der Waals surface area contributed by atoms with Crippen molar-refractivity contribution in [1.82, 2.24) is 0 Å². The maximum atomic E-state index is 4.15. The van der Waals surface area contributed by atoms with Crippen molar-refractivity contribution in [2.24, 2.45) is 10.2 Å². The van der Waals surface area contributed by atoms with Gasteiger partial charge in [-0.3, -0.25) is 0 Å². The van der Waals surface area contributed by atoms with Crippen molar-refractivity contribution in [2.45, 2.75) is 90.4 Å². The van der Waals surface area contributed by atoms with Crippen LogP contribution in [0.3, 0.4) is 0 Å². The minimum Gasteiger partial charge on any atom is -0.193 e. The highest BCUT2D eigenvalue weighted by molar-refractivity contribution is 7.98. The van der Waals surface area contributed by atoms with Crippen LogP contribution in [0.15, 0.2) is 10.2 Å². The highest BCUT2D eigenvalue weighted by atomic mass is 32.2. The van der Waals surface area contributed by atoms with Crippen LogP contribution in [0.25, 0.3) is 0 Å². The first-order chi connectivity index (χ1) is 9.91. The molecule has 0 saturated carbocycles. The van der Waals surface area contributed by atoms with E-state index in [1.807, 2.05) is 0 Å². The van der Waals surface area contributed by atoms with E-state index in [1.54, 1.807) is 11.8 Å². The fourth-order valence-electron chi connectivity index (χ4n) is 2.37. The Kier molecular flexibility index (Phi) is 18.9. The molecule has 0 unspecified atom stereocenters. The van der Waals surface area contributed by atoms with Crippen molar-refractivity contribution in [3.63, 3.8) is 0 Å². The van der Waals surface area contributed by atoms with Gasteiger partial charge in [0.2, 0.25) is 0 Å². The summed E-state index contributed by atoms with van der Waals surface area (Å²) in [6.07, 6.45) is 20.3. The molecule has 2 nitrogen and oxygen atoms in total. The zero-order valence-electron chi connectivity index (χ0n) is 13.9. The molecule has 0 N–H and O–H groups in total. The topological polar surface area (TPSA) is 24.7 Å². The first-order valence-electron chi connectivity index (χ1n) is 8.74. The maximum Gasteiger partial charge on any atom is 0.105 e. The van der Waals surface area contributed by atoms with Crippen LogP contribution in [0.4, 0.5) is 0 Å². The normalized spacial score (nSPS) is 11.5. The second kappa shape index (κ2) is 18.9. The first-order valence-corrected chi connectivity index (χ1v) is 10.1. The van der Waals surface area contributed by atoms with E-state index in [-0.39, 0.29) is 0 Å². The number of hydrogen-bond acceptors (Lipinski definition) is 3. The molecule has 120 valence electrons. The van der Waals surface area contributed by atoms with Gasteiger partial charge in [0.05, 0.1) is 6.54 Å². The lowest BCUT2D eigenvalue weighted by atomic mass is 10.0. The molecule has 20 heavy (non-hydrogen) atoms. The zero-order chi connectivity index (χ0) is 14.7. The summed E-state index contributed by atoms with van der Waals surface area (Å²) >= 11 is 1.73. The van der Waals surface area contributed by atoms with Gasteiger partial charge < -0.3 is 0 Å². The molecule has 0 radical (unpaired) electrons. The Morgan fingerprint density at radius 1 is 0.600 bits per heavy atom. The number of unbranched alkanes of at least 4 members (excludes halogenated alkanes) is 12. The SMILES string of the molecule is CCCCCCCCCCCCCCC/N=N\CSC. The van der Waals surface area contributed by atoms with Crippen LogP contribution >= 0.6 is 11.8 Å². The van der Waals surface area contributed by atoms with Crippen LogP contribution in [0.1, 0.15) is 90.4 Å². The summed E-state index contributed by atoms with van der Waals surface area (Å²) in [6.45, 7) is 3.21. The van der Waals surface area contributed by atoms with E-state index in [2.05, 4.69) is 23.4 Å². The van der Waals surface area contributed by atoms with E-state index in [9.17, 15) is 0 Å². The highest BCUT2D eigenvalue weighted by Crippen LogP contribution is 2.12. The fourth-order valence-corrected chi connectivity index (χ4v) is 2.57. The van der Waals surface area contributed by atoms with Gasteiger partial charge in [0.15, 0.2) is 0 Å². The second-order valence-electron chi connectivity index (χ2n) is 5.67. The smallest absolute Gasteiger partial charge is 0.105 e. The molecule has 0 rings (SSSR count). The minimum absolute atomic E-state index is 0.818. The lowest BCUT2D eigenvalue weighted by molar-refractivity contribution is 0.539. The molecule has 0 bridgehead atoms. The first kappa shape index (κ1) is 19.9. The molecule has 0 aliphatic heterocycles. The summed E-state index contributed by atoms with van der Waals surface area (Å²) < 4.78 is 0. The predicted octanol–water partition coefficient (Wildman–Crippen LogP) is 6.85. The largest absolute Gasteiger partial charge is 0.193 e. The average Bonchev–Trinajstić information content (AvgIpc) is 2.47. The van der Waals surface area contributed by atoms with E-state index in [0.29, 0.717) is 0 Å². The molecule has 0 aliphatic rings. The molecular formula is C17H36N2S. The third-order valence-corrected chi connectivity index (χ3v) is 4.02. The van der Waals surface area contributed by atoms with Gasteiger partial charge in [-0.2, -0.15) is 10.2 Å². The van der Waals surface area contributed by atoms with Crippen LogP contribution in [0, 0.1) is 0 Å². The van der Waals surface area contributed by atoms with Crippen LogP contribution in [-0.2, 0) is 0 Å². The van der Waals surface area contributed by atoms with Gasteiger partial charge in [0, 0.05) is 0 Å². The minimum atomic E-state index is 0.818. The van der Waals surface area contributed by atoms with Gasteiger partial charge in [0.25, 0.3) is 0 Å². The Hall–Kier alpha value is -0.0500. The molecule has 0 fully saturated rings. The number of nitrogens with zero attached hydrogens (tertiary/aromatic N) is 2. The number of thioether (sulfide) groups is 1. The maximum absolute atomic E-state index is 4.15. The van der Waals surface area contributed by atoms with E-state index < -0.39 is 0 Å². The summed E-state index contributed by atoms with van der Waals surface area (Å²) in [4.78, 5) is 0. The molecule has 0 amide bonds. The molecule has 0 aliphatic carbocycles. The molecule has 0 aromatic heterocycles. The number of hydrogen-bond donors (Lipinski definition) is 0. The van der Waals surface area contributed by atoms with Crippen molar-refractivity contribution in [3.8, 4) is 0 Å². The molecular weight excluding hydrogens is 264 g/mol. The van der Waals surface area contributed by atoms with Crippen molar-refractivity contribution < 1.29 is 0 Å². The second-order valence-corrected chi connectivity index (χ2v) is 6.50. The number of rotatable bonds is 16. The fraction of sp³-hybridized carbons (Fsp3) is 1.00. The van der Waals surface area contributed by atoms with Gasteiger partial charge in [0.1, 0.15) is 5.88 Å². The third kappa shape index (κ3) is 17.9. The molecule has 0 saturated heterocycles. The van der Waals surface area contributed by atoms with Gasteiger partial charge in [-0.1, -0.05) is 84.0 Å². The molecule has 0 aromatic rings. The van der Waals surface area contributed by atoms with Crippen LogP contribution in [0.2, 0.25) is 0 Å². The van der Waals surface area contributed by atoms with Crippen molar-refractivity contribution >= 4 is 11.8 Å². The number of azo groups is 1. The highest BCUT2D eigenvalue weighted by Gasteiger charge is 1.93. The molecule has 0 spiro atoms. The third-order valence-electron chi connectivity index (χ3n) is 3.65. The Balaban J connectivity index is 2.96. The van der Waals surface area contributed by atoms with E-state index in [4.69, 9.17) is 0 Å². The van der Waals surface area contributed by atoms with Crippen LogP contribution in [0.5, 0.6) is 0 Å². The summed E-state index contributed by atoms with van der Waals surface area (Å²) in [7, 11) is 0. The summed E-state index contributed by atoms with van der Waals surface area (Å²) in [6, 6.07) is 0. The van der Waals surface area contributed by atoms with Crippen LogP contribution < -0.4 is 0 Å². The lowest BCUT2D eigenvalue weighted by Gasteiger charge is -2.02.